The molecular formula is C19H16ClF4N3OS. The first kappa shape index (κ1) is 21.4. The fourth-order valence-electron chi connectivity index (χ4n) is 2.69. The van der Waals surface area contributed by atoms with E-state index in [0.717, 1.165) is 18.2 Å². The maximum absolute atomic E-state index is 13.8. The summed E-state index contributed by atoms with van der Waals surface area (Å²) in [6.07, 6.45) is -4.29. The summed E-state index contributed by atoms with van der Waals surface area (Å²) in [5.41, 5.74) is -0.301. The van der Waals surface area contributed by atoms with Crippen molar-refractivity contribution in [2.75, 3.05) is 18.1 Å². The number of amides is 1. The Morgan fingerprint density at radius 3 is 2.59 bits per heavy atom. The predicted octanol–water partition coefficient (Wildman–Crippen LogP) is 5.56. The van der Waals surface area contributed by atoms with Crippen molar-refractivity contribution in [1.82, 2.24) is 4.90 Å². The van der Waals surface area contributed by atoms with E-state index in [0.29, 0.717) is 16.6 Å². The van der Waals surface area contributed by atoms with Crippen LogP contribution in [0.1, 0.15) is 12.0 Å². The lowest BCUT2D eigenvalue weighted by Crippen LogP contribution is -2.33. The maximum Gasteiger partial charge on any atom is 0.416 e. The third-order valence-corrected chi connectivity index (χ3v) is 5.72. The number of alkyl halides is 3. The zero-order chi connectivity index (χ0) is 21.2. The van der Waals surface area contributed by atoms with Crippen molar-refractivity contribution < 1.29 is 22.4 Å². The second-order valence-corrected chi connectivity index (χ2v) is 7.81. The van der Waals surface area contributed by atoms with Crippen LogP contribution in [0.5, 0.6) is 0 Å². The fourth-order valence-corrected chi connectivity index (χ4v) is 4.05. The minimum absolute atomic E-state index is 0.0475. The van der Waals surface area contributed by atoms with Gasteiger partial charge >= 0.3 is 6.18 Å². The molecule has 1 atom stereocenters. The number of hydrogen-bond acceptors (Lipinski definition) is 3. The first-order chi connectivity index (χ1) is 13.6. The largest absolute Gasteiger partial charge is 0.416 e. The van der Waals surface area contributed by atoms with E-state index in [-0.39, 0.29) is 29.1 Å². The van der Waals surface area contributed by atoms with Crippen LogP contribution in [0.15, 0.2) is 47.5 Å². The van der Waals surface area contributed by atoms with Crippen LogP contribution in [0.3, 0.4) is 0 Å². The topological polar surface area (TPSA) is 44.7 Å². The van der Waals surface area contributed by atoms with Crippen molar-refractivity contribution in [2.24, 2.45) is 4.99 Å². The van der Waals surface area contributed by atoms with Crippen molar-refractivity contribution in [3.63, 3.8) is 0 Å². The van der Waals surface area contributed by atoms with Crippen molar-refractivity contribution in [3.8, 4) is 0 Å². The van der Waals surface area contributed by atoms with Crippen molar-refractivity contribution >= 4 is 45.8 Å². The predicted molar refractivity (Wildman–Crippen MR) is 107 cm³/mol. The highest BCUT2D eigenvalue weighted by atomic mass is 35.5. The Balaban J connectivity index is 1.62. The number of hydrogen-bond donors (Lipinski definition) is 1. The third-order valence-electron chi connectivity index (χ3n) is 4.30. The number of benzene rings is 2. The molecule has 0 spiro atoms. The van der Waals surface area contributed by atoms with Gasteiger partial charge in [-0.3, -0.25) is 4.79 Å². The average molecular weight is 446 g/mol. The first-order valence-electron chi connectivity index (χ1n) is 8.50. The molecule has 4 nitrogen and oxygen atoms in total. The lowest BCUT2D eigenvalue weighted by Gasteiger charge is -2.20. The van der Waals surface area contributed by atoms with Gasteiger partial charge in [0.15, 0.2) is 5.17 Å². The van der Waals surface area contributed by atoms with Gasteiger partial charge in [0.1, 0.15) is 5.82 Å². The van der Waals surface area contributed by atoms with Gasteiger partial charge in [-0.25, -0.2) is 9.38 Å². The van der Waals surface area contributed by atoms with Crippen LogP contribution < -0.4 is 5.32 Å². The second kappa shape index (κ2) is 8.62. The summed E-state index contributed by atoms with van der Waals surface area (Å²) in [5, 5.41) is 3.35. The Labute approximate surface area is 173 Å². The van der Waals surface area contributed by atoms with Crippen LogP contribution >= 0.6 is 23.4 Å². The summed E-state index contributed by atoms with van der Waals surface area (Å²) in [5.74, 6) is -0.407. The monoisotopic (exact) mass is 445 g/mol. The molecule has 2 aromatic rings. The van der Waals surface area contributed by atoms with E-state index in [2.05, 4.69) is 10.3 Å². The number of thioether (sulfide) groups is 1. The van der Waals surface area contributed by atoms with Crippen LogP contribution in [0.2, 0.25) is 5.02 Å². The van der Waals surface area contributed by atoms with E-state index in [1.54, 1.807) is 11.9 Å². The Kier molecular flexibility index (Phi) is 6.38. The van der Waals surface area contributed by atoms with E-state index in [1.165, 1.54) is 36.0 Å². The molecule has 0 saturated carbocycles. The molecule has 0 aromatic heterocycles. The van der Waals surface area contributed by atoms with Gasteiger partial charge in [0.25, 0.3) is 0 Å². The normalized spacial score (nSPS) is 18.3. The van der Waals surface area contributed by atoms with Crippen molar-refractivity contribution in [2.45, 2.75) is 18.6 Å². The van der Waals surface area contributed by atoms with Gasteiger partial charge in [-0.15, -0.1) is 0 Å². The van der Waals surface area contributed by atoms with Gasteiger partial charge in [0.2, 0.25) is 5.91 Å². The van der Waals surface area contributed by atoms with E-state index < -0.39 is 17.6 Å². The highest BCUT2D eigenvalue weighted by Gasteiger charge is 2.31. The van der Waals surface area contributed by atoms with Gasteiger partial charge in [0.05, 0.1) is 16.9 Å². The van der Waals surface area contributed by atoms with E-state index in [4.69, 9.17) is 11.6 Å². The highest BCUT2D eigenvalue weighted by Crippen LogP contribution is 2.32. The van der Waals surface area contributed by atoms with Crippen LogP contribution in [-0.4, -0.2) is 34.8 Å². The van der Waals surface area contributed by atoms with Gasteiger partial charge in [-0.05, 0) is 42.5 Å². The zero-order valence-corrected chi connectivity index (χ0v) is 16.7. The quantitative estimate of drug-likeness (QED) is 0.626. The number of carbonyl (C=O) groups is 1. The molecule has 1 aliphatic heterocycles. The molecule has 1 N–H and O–H groups in total. The third kappa shape index (κ3) is 5.42. The Bertz CT molecular complexity index is 934. The number of amidine groups is 1. The van der Waals surface area contributed by atoms with Crippen molar-refractivity contribution in [1.29, 1.82) is 0 Å². The van der Waals surface area contributed by atoms with Gasteiger partial charge < -0.3 is 10.2 Å². The SMILES string of the molecule is CN1C(=Nc2ccc(C(F)(F)F)cc2)SCC1CC(=O)Nc1ccc(Cl)cc1F. The molecular weight excluding hydrogens is 430 g/mol. The molecule has 0 bridgehead atoms. The average Bonchev–Trinajstić information content (AvgIpc) is 2.97. The van der Waals surface area contributed by atoms with Gasteiger partial charge in [-0.2, -0.15) is 13.2 Å². The standard InChI is InChI=1S/C19H16ClF4N3OS/c1-27-14(9-17(28)26-16-7-4-12(20)8-15(16)21)10-29-18(27)25-13-5-2-11(3-6-13)19(22,23)24/h2-8,14H,9-10H2,1H3,(H,26,28). The number of nitrogens with one attached hydrogen (secondary N) is 1. The molecule has 1 fully saturated rings. The molecule has 29 heavy (non-hydrogen) atoms. The van der Waals surface area contributed by atoms with Gasteiger partial charge in [0, 0.05) is 30.3 Å². The minimum atomic E-state index is -4.40. The molecule has 1 aliphatic rings. The van der Waals surface area contributed by atoms with Crippen molar-refractivity contribution in [3.05, 3.63) is 58.9 Å². The number of nitrogens with zero attached hydrogens (tertiary/aromatic N) is 2. The zero-order valence-electron chi connectivity index (χ0n) is 15.1. The second-order valence-electron chi connectivity index (χ2n) is 6.39. The number of carbonyl (C=O) groups excluding carboxylic acids is 1. The fraction of sp³-hybridized carbons (Fsp3) is 0.263. The molecule has 10 heteroatoms. The summed E-state index contributed by atoms with van der Waals surface area (Å²) in [6.45, 7) is 0. The summed E-state index contributed by atoms with van der Waals surface area (Å²) < 4.78 is 51.7. The van der Waals surface area contributed by atoms with Crippen LogP contribution in [0.4, 0.5) is 28.9 Å². The number of rotatable bonds is 4. The Morgan fingerprint density at radius 1 is 1.28 bits per heavy atom. The van der Waals surface area contributed by atoms with Crippen LogP contribution in [0, 0.1) is 5.82 Å². The highest BCUT2D eigenvalue weighted by molar-refractivity contribution is 8.14. The molecule has 1 unspecified atom stereocenters. The van der Waals surface area contributed by atoms with Crippen LogP contribution in [0.25, 0.3) is 0 Å². The maximum atomic E-state index is 13.8. The summed E-state index contributed by atoms with van der Waals surface area (Å²) >= 11 is 7.09. The summed E-state index contributed by atoms with van der Waals surface area (Å²) in [4.78, 5) is 18.4. The van der Waals surface area contributed by atoms with Crippen LogP contribution in [-0.2, 0) is 11.0 Å². The first-order valence-corrected chi connectivity index (χ1v) is 9.86. The molecule has 0 aliphatic carbocycles. The lowest BCUT2D eigenvalue weighted by atomic mass is 10.2. The molecule has 3 rings (SSSR count). The van der Waals surface area contributed by atoms with E-state index >= 15 is 0 Å². The lowest BCUT2D eigenvalue weighted by molar-refractivity contribution is -0.137. The molecule has 154 valence electrons. The smallest absolute Gasteiger partial charge is 0.350 e. The number of halogens is 5. The number of aliphatic imine (C=N–C) groups is 1. The molecule has 2 aromatic carbocycles. The Morgan fingerprint density at radius 2 is 1.97 bits per heavy atom. The van der Waals surface area contributed by atoms with E-state index in [1.807, 2.05) is 0 Å². The van der Waals surface area contributed by atoms with Gasteiger partial charge in [-0.1, -0.05) is 23.4 Å². The number of anilines is 1. The van der Waals surface area contributed by atoms with E-state index in [9.17, 15) is 22.4 Å². The minimum Gasteiger partial charge on any atom is -0.350 e. The molecule has 1 saturated heterocycles. The Hall–Kier alpha value is -2.26. The molecule has 1 heterocycles. The summed E-state index contributed by atoms with van der Waals surface area (Å²) in [6, 6.07) is 8.36. The molecule has 1 amide bonds. The summed E-state index contributed by atoms with van der Waals surface area (Å²) in [7, 11) is 1.75. The molecule has 0 radical (unpaired) electrons.